The number of likely N-dealkylation sites (N-methyl/N-ethyl adjacent to an activating group) is 1. The van der Waals surface area contributed by atoms with Gasteiger partial charge in [-0.1, -0.05) is 0 Å². The minimum Gasteiger partial charge on any atom is -0.479 e. The summed E-state index contributed by atoms with van der Waals surface area (Å²) in [4.78, 5) is 43.7. The monoisotopic (exact) mass is 371 g/mol. The van der Waals surface area contributed by atoms with Gasteiger partial charge in [0.15, 0.2) is 6.10 Å². The molecule has 0 saturated carbocycles. The topological polar surface area (TPSA) is 116 Å². The summed E-state index contributed by atoms with van der Waals surface area (Å²) >= 11 is 0. The molecular formula is C18H21N5O4. The number of H-pyrrole nitrogens is 1. The molecule has 1 aromatic heterocycles. The number of nitrogens with one attached hydrogen (secondary N) is 3. The summed E-state index contributed by atoms with van der Waals surface area (Å²) in [5.41, 5.74) is 1.60. The minimum atomic E-state index is -0.573. The molecule has 9 nitrogen and oxygen atoms in total. The second-order valence-electron chi connectivity index (χ2n) is 6.29. The van der Waals surface area contributed by atoms with Crippen molar-refractivity contribution in [3.05, 3.63) is 46.1 Å². The van der Waals surface area contributed by atoms with E-state index in [9.17, 15) is 14.4 Å². The molecule has 142 valence electrons. The van der Waals surface area contributed by atoms with Crippen molar-refractivity contribution >= 4 is 23.3 Å². The van der Waals surface area contributed by atoms with Gasteiger partial charge in [0, 0.05) is 43.5 Å². The highest BCUT2D eigenvalue weighted by Crippen LogP contribution is 2.35. The predicted molar refractivity (Wildman–Crippen MR) is 100 cm³/mol. The number of amides is 3. The highest BCUT2D eigenvalue weighted by molar-refractivity contribution is 6.00. The first-order valence-electron chi connectivity index (χ1n) is 8.53. The van der Waals surface area contributed by atoms with Crippen LogP contribution in [0.3, 0.4) is 0 Å². The number of aromatic amines is 1. The van der Waals surface area contributed by atoms with E-state index in [1.54, 1.807) is 39.1 Å². The van der Waals surface area contributed by atoms with Crippen LogP contribution in [0.25, 0.3) is 0 Å². The van der Waals surface area contributed by atoms with Gasteiger partial charge in [0.1, 0.15) is 11.6 Å². The van der Waals surface area contributed by atoms with Gasteiger partial charge >= 0.3 is 6.03 Å². The highest BCUT2D eigenvalue weighted by atomic mass is 16.5. The summed E-state index contributed by atoms with van der Waals surface area (Å²) in [6, 6.07) is 6.12. The second-order valence-corrected chi connectivity index (χ2v) is 6.29. The lowest BCUT2D eigenvalue weighted by Crippen LogP contribution is -2.42. The molecule has 2 heterocycles. The fraction of sp³-hybridized carbons (Fsp3) is 0.333. The van der Waals surface area contributed by atoms with E-state index in [0.29, 0.717) is 41.6 Å². The fourth-order valence-corrected chi connectivity index (χ4v) is 2.84. The Balaban J connectivity index is 1.57. The number of urea groups is 1. The molecule has 9 heteroatoms. The third kappa shape index (κ3) is 4.25. The largest absolute Gasteiger partial charge is 0.479 e. The molecule has 3 rings (SSSR count). The summed E-state index contributed by atoms with van der Waals surface area (Å²) in [5.74, 6) is 0.948. The Morgan fingerprint density at radius 2 is 2.11 bits per heavy atom. The second kappa shape index (κ2) is 7.48. The smallest absolute Gasteiger partial charge is 0.319 e. The normalized spacial score (nSPS) is 15.7. The molecule has 3 amide bonds. The van der Waals surface area contributed by atoms with Crippen LogP contribution in [-0.4, -0.2) is 41.6 Å². The Labute approximate surface area is 155 Å². The lowest BCUT2D eigenvalue weighted by atomic mass is 10.2. The molecule has 0 saturated heterocycles. The zero-order valence-electron chi connectivity index (χ0n) is 15.3. The third-order valence-corrected chi connectivity index (χ3v) is 4.14. The molecule has 0 radical (unpaired) electrons. The van der Waals surface area contributed by atoms with E-state index in [2.05, 4.69) is 20.6 Å². The van der Waals surface area contributed by atoms with E-state index in [4.69, 9.17) is 4.74 Å². The average Bonchev–Trinajstić information content (AvgIpc) is 2.59. The van der Waals surface area contributed by atoms with Gasteiger partial charge < -0.3 is 25.3 Å². The van der Waals surface area contributed by atoms with Crippen LogP contribution < -0.4 is 25.8 Å². The summed E-state index contributed by atoms with van der Waals surface area (Å²) in [6.07, 6.45) is -0.132. The number of hydrogen-bond acceptors (Lipinski definition) is 5. The van der Waals surface area contributed by atoms with Crippen LogP contribution in [-0.2, 0) is 11.2 Å². The zero-order chi connectivity index (χ0) is 19.6. The van der Waals surface area contributed by atoms with Crippen LogP contribution in [0.5, 0.6) is 5.75 Å². The van der Waals surface area contributed by atoms with E-state index < -0.39 is 6.10 Å². The molecule has 0 spiro atoms. The van der Waals surface area contributed by atoms with Crippen molar-refractivity contribution in [2.24, 2.45) is 0 Å². The van der Waals surface area contributed by atoms with Crippen molar-refractivity contribution in [2.75, 3.05) is 23.8 Å². The number of hydrogen-bond donors (Lipinski definition) is 3. The number of nitrogens with zero attached hydrogens (tertiary/aromatic N) is 2. The maximum absolute atomic E-state index is 12.1. The molecule has 1 aliphatic rings. The molecule has 0 fully saturated rings. The minimum absolute atomic E-state index is 0.121. The molecule has 27 heavy (non-hydrogen) atoms. The molecule has 1 aromatic carbocycles. The average molecular weight is 371 g/mol. The molecule has 2 aromatic rings. The first-order chi connectivity index (χ1) is 12.8. The standard InChI is InChI=1S/C18H21N5O4/c1-10-17(25)23(3)14-5-4-12(8-15(14)27-10)22-18(26)19-7-6-13-9-16(24)21-11(2)20-13/h4-5,8-10H,6-7H2,1-3H3,(H2,19,22,26)(H,20,21,24). The number of carbonyl (C=O) groups is 2. The van der Waals surface area contributed by atoms with Gasteiger partial charge in [0.2, 0.25) is 0 Å². The first-order valence-corrected chi connectivity index (χ1v) is 8.53. The third-order valence-electron chi connectivity index (χ3n) is 4.14. The Bertz CT molecular complexity index is 940. The van der Waals surface area contributed by atoms with Crippen LogP contribution in [0, 0.1) is 6.92 Å². The van der Waals surface area contributed by atoms with Crippen molar-refractivity contribution in [2.45, 2.75) is 26.4 Å². The number of ether oxygens (including phenoxy) is 1. The Morgan fingerprint density at radius 1 is 1.33 bits per heavy atom. The van der Waals surface area contributed by atoms with Gasteiger partial charge in [0.25, 0.3) is 11.5 Å². The summed E-state index contributed by atoms with van der Waals surface area (Å²) < 4.78 is 5.59. The number of fused-ring (bicyclic) bond motifs is 1. The van der Waals surface area contributed by atoms with Crippen LogP contribution >= 0.6 is 0 Å². The predicted octanol–water partition coefficient (Wildman–Crippen LogP) is 1.19. The molecule has 3 N–H and O–H groups in total. The van der Waals surface area contributed by atoms with Crippen LogP contribution in [0.15, 0.2) is 29.1 Å². The molecule has 1 atom stereocenters. The number of benzene rings is 1. The van der Waals surface area contributed by atoms with E-state index >= 15 is 0 Å². The van der Waals surface area contributed by atoms with Crippen molar-refractivity contribution in [1.82, 2.24) is 15.3 Å². The summed E-state index contributed by atoms with van der Waals surface area (Å²) in [6.45, 7) is 3.71. The number of rotatable bonds is 4. The van der Waals surface area contributed by atoms with E-state index in [0.717, 1.165) is 0 Å². The van der Waals surface area contributed by atoms with Crippen molar-refractivity contribution in [3.8, 4) is 5.75 Å². The lowest BCUT2D eigenvalue weighted by Gasteiger charge is -2.30. The molecule has 0 aliphatic carbocycles. The number of anilines is 2. The van der Waals surface area contributed by atoms with Gasteiger partial charge in [-0.2, -0.15) is 0 Å². The maximum atomic E-state index is 12.1. The Kier molecular flexibility index (Phi) is 5.11. The van der Waals surface area contributed by atoms with Crippen LogP contribution in [0.4, 0.5) is 16.2 Å². The van der Waals surface area contributed by atoms with E-state index in [1.165, 1.54) is 11.0 Å². The van der Waals surface area contributed by atoms with Gasteiger partial charge in [0.05, 0.1) is 5.69 Å². The van der Waals surface area contributed by atoms with E-state index in [1.807, 2.05) is 0 Å². The van der Waals surface area contributed by atoms with Crippen molar-refractivity contribution in [1.29, 1.82) is 0 Å². The van der Waals surface area contributed by atoms with Gasteiger partial charge in [-0.3, -0.25) is 9.59 Å². The molecule has 1 aliphatic heterocycles. The maximum Gasteiger partial charge on any atom is 0.319 e. The molecule has 0 bridgehead atoms. The van der Waals surface area contributed by atoms with Gasteiger partial charge in [-0.15, -0.1) is 0 Å². The number of carbonyl (C=O) groups excluding carboxylic acids is 2. The van der Waals surface area contributed by atoms with Crippen molar-refractivity contribution in [3.63, 3.8) is 0 Å². The summed E-state index contributed by atoms with van der Waals surface area (Å²) in [7, 11) is 1.68. The lowest BCUT2D eigenvalue weighted by molar-refractivity contribution is -0.125. The highest BCUT2D eigenvalue weighted by Gasteiger charge is 2.28. The quantitative estimate of drug-likeness (QED) is 0.746. The fourth-order valence-electron chi connectivity index (χ4n) is 2.84. The van der Waals surface area contributed by atoms with Crippen LogP contribution in [0.1, 0.15) is 18.4 Å². The number of aryl methyl sites for hydroxylation is 1. The van der Waals surface area contributed by atoms with Gasteiger partial charge in [-0.25, -0.2) is 9.78 Å². The SMILES string of the molecule is Cc1nc(CCNC(=O)Nc2ccc3c(c2)OC(C)C(=O)N3C)cc(=O)[nH]1. The van der Waals surface area contributed by atoms with E-state index in [-0.39, 0.29) is 17.5 Å². The zero-order valence-corrected chi connectivity index (χ0v) is 15.3. The first kappa shape index (κ1) is 18.4. The Morgan fingerprint density at radius 3 is 2.85 bits per heavy atom. The van der Waals surface area contributed by atoms with Gasteiger partial charge in [-0.05, 0) is 26.0 Å². The van der Waals surface area contributed by atoms with Crippen LogP contribution in [0.2, 0.25) is 0 Å². The van der Waals surface area contributed by atoms with Crippen molar-refractivity contribution < 1.29 is 14.3 Å². The number of aromatic nitrogens is 2. The summed E-state index contributed by atoms with van der Waals surface area (Å²) in [5, 5.41) is 5.44. The molecular weight excluding hydrogens is 350 g/mol. The molecule has 1 unspecified atom stereocenters. The Hall–Kier alpha value is -3.36.